The number of cyclic esters (lactones) is 1. The van der Waals surface area contributed by atoms with Crippen molar-refractivity contribution in [2.75, 3.05) is 37.7 Å². The fourth-order valence-corrected chi connectivity index (χ4v) is 5.56. The summed E-state index contributed by atoms with van der Waals surface area (Å²) in [6.07, 6.45) is 0.581. The van der Waals surface area contributed by atoms with E-state index >= 15 is 0 Å². The highest BCUT2D eigenvalue weighted by Crippen LogP contribution is 2.42. The number of benzene rings is 2. The maximum Gasteiger partial charge on any atom is 0.411 e. The lowest BCUT2D eigenvalue weighted by atomic mass is 9.80. The van der Waals surface area contributed by atoms with Gasteiger partial charge in [0.05, 0.1) is 30.6 Å². The Morgan fingerprint density at radius 3 is 2.34 bits per heavy atom. The fraction of sp³-hybridized carbons (Fsp3) is 0.419. The molecule has 2 aliphatic rings. The Morgan fingerprint density at radius 2 is 1.68 bits per heavy atom. The predicted molar refractivity (Wildman–Crippen MR) is 148 cm³/mol. The molecule has 0 radical (unpaired) electrons. The first-order valence-electron chi connectivity index (χ1n) is 13.4. The molecule has 2 atom stereocenters. The van der Waals surface area contributed by atoms with Crippen LogP contribution in [0, 0.1) is 0 Å². The number of aromatic nitrogens is 1. The molecule has 1 aromatic heterocycles. The summed E-state index contributed by atoms with van der Waals surface area (Å²) in [5.41, 5.74) is 2.07. The predicted octanol–water partition coefficient (Wildman–Crippen LogP) is 5.55. The number of hydrogen-bond acceptors (Lipinski definition) is 6. The van der Waals surface area contributed by atoms with Crippen LogP contribution in [0.4, 0.5) is 10.6 Å². The fourth-order valence-electron chi connectivity index (χ4n) is 5.56. The molecule has 1 N–H and O–H groups in total. The maximum atomic E-state index is 13.4. The van der Waals surface area contributed by atoms with Crippen molar-refractivity contribution in [1.82, 2.24) is 9.88 Å². The summed E-state index contributed by atoms with van der Waals surface area (Å²) in [6, 6.07) is 24.0. The number of morpholine rings is 1. The molecule has 7 heteroatoms. The van der Waals surface area contributed by atoms with Crippen molar-refractivity contribution < 1.29 is 19.4 Å². The lowest BCUT2D eigenvalue weighted by Gasteiger charge is -2.45. The normalized spacial score (nSPS) is 21.2. The smallest absolute Gasteiger partial charge is 0.411 e. The molecule has 0 spiro atoms. The van der Waals surface area contributed by atoms with Gasteiger partial charge < -0.3 is 24.4 Å². The van der Waals surface area contributed by atoms with Crippen LogP contribution in [-0.4, -0.2) is 59.5 Å². The number of carbonyl (C=O) groups is 1. The third kappa shape index (κ3) is 5.69. The van der Waals surface area contributed by atoms with Gasteiger partial charge in [0.2, 0.25) is 0 Å². The zero-order valence-electron chi connectivity index (χ0n) is 22.5. The maximum absolute atomic E-state index is 13.4. The molecule has 2 aliphatic heterocycles. The van der Waals surface area contributed by atoms with Crippen molar-refractivity contribution >= 4 is 11.9 Å². The quantitative estimate of drug-likeness (QED) is 0.445. The highest BCUT2D eigenvalue weighted by molar-refractivity contribution is 5.70. The van der Waals surface area contributed by atoms with E-state index in [1.54, 1.807) is 18.7 Å². The van der Waals surface area contributed by atoms with Crippen LogP contribution in [0.3, 0.4) is 0 Å². The van der Waals surface area contributed by atoms with Crippen LogP contribution in [0.2, 0.25) is 0 Å². The van der Waals surface area contributed by atoms with Crippen LogP contribution in [0.5, 0.6) is 0 Å². The third-order valence-electron chi connectivity index (χ3n) is 7.52. The number of carbonyl (C=O) groups excluding carboxylic acids is 1. The van der Waals surface area contributed by atoms with Gasteiger partial charge in [-0.05, 0) is 44.0 Å². The Kier molecular flexibility index (Phi) is 7.41. The number of hydrogen-bond donors (Lipinski definition) is 1. The highest BCUT2D eigenvalue weighted by atomic mass is 16.6. The van der Waals surface area contributed by atoms with E-state index in [1.807, 2.05) is 55.5 Å². The number of aliphatic hydroxyl groups is 1. The second kappa shape index (κ2) is 10.8. The Bertz CT molecular complexity index is 1240. The van der Waals surface area contributed by atoms with Gasteiger partial charge in [-0.2, -0.15) is 0 Å². The molecule has 200 valence electrons. The number of rotatable bonds is 7. The van der Waals surface area contributed by atoms with Gasteiger partial charge in [0.25, 0.3) is 0 Å². The van der Waals surface area contributed by atoms with E-state index in [4.69, 9.17) is 14.5 Å². The van der Waals surface area contributed by atoms with E-state index in [-0.39, 0.29) is 12.1 Å². The zero-order chi connectivity index (χ0) is 26.8. The molecular weight excluding hydrogens is 478 g/mol. The molecule has 0 bridgehead atoms. The molecule has 0 saturated carbocycles. The summed E-state index contributed by atoms with van der Waals surface area (Å²) in [7, 11) is 0. The number of nitrogens with zero attached hydrogens (tertiary/aromatic N) is 3. The monoisotopic (exact) mass is 515 g/mol. The van der Waals surface area contributed by atoms with Crippen LogP contribution in [0.25, 0.3) is 11.3 Å². The van der Waals surface area contributed by atoms with Gasteiger partial charge in [-0.25, -0.2) is 9.78 Å². The Hall–Kier alpha value is -3.42. The second-order valence-corrected chi connectivity index (χ2v) is 10.9. The minimum atomic E-state index is -0.979. The van der Waals surface area contributed by atoms with Crippen LogP contribution in [0.1, 0.15) is 50.8 Å². The van der Waals surface area contributed by atoms with E-state index in [0.717, 1.165) is 54.5 Å². The molecular formula is C31H37N3O4. The summed E-state index contributed by atoms with van der Waals surface area (Å²) in [5.74, 6) is 0.965. The molecule has 2 fully saturated rings. The molecule has 5 rings (SSSR count). The largest absolute Gasteiger partial charge is 0.438 e. The molecule has 3 aromatic rings. The lowest BCUT2D eigenvalue weighted by molar-refractivity contribution is -0.101. The van der Waals surface area contributed by atoms with E-state index < -0.39 is 11.2 Å². The molecule has 3 heterocycles. The standard InChI is InChI=1S/C31H37N3O4/c1-23(34-17-16-31(38-29(34)35,22-30(2,3)36)26-8-5-4-6-9-26)24-12-14-25(15-13-24)27-10-7-11-28(32-27)33-18-20-37-21-19-33/h4-15,23,36H,16-22H2,1-3H3/t23-,31?/m0/s1. The molecule has 1 unspecified atom stereocenters. The minimum absolute atomic E-state index is 0.153. The number of amides is 1. The third-order valence-corrected chi connectivity index (χ3v) is 7.52. The first-order valence-corrected chi connectivity index (χ1v) is 13.4. The Morgan fingerprint density at radius 1 is 0.974 bits per heavy atom. The van der Waals surface area contributed by atoms with Crippen molar-refractivity contribution in [1.29, 1.82) is 0 Å². The van der Waals surface area contributed by atoms with E-state index in [1.165, 1.54) is 0 Å². The van der Waals surface area contributed by atoms with Gasteiger partial charge in [-0.3, -0.25) is 0 Å². The first kappa shape index (κ1) is 26.2. The number of anilines is 1. The molecule has 2 saturated heterocycles. The van der Waals surface area contributed by atoms with Crippen LogP contribution < -0.4 is 4.90 Å². The van der Waals surface area contributed by atoms with Gasteiger partial charge in [-0.15, -0.1) is 0 Å². The van der Waals surface area contributed by atoms with Crippen molar-refractivity contribution in [3.05, 3.63) is 83.9 Å². The molecule has 1 amide bonds. The zero-order valence-corrected chi connectivity index (χ0v) is 22.5. The molecule has 2 aromatic carbocycles. The van der Waals surface area contributed by atoms with Gasteiger partial charge in [0.1, 0.15) is 11.4 Å². The van der Waals surface area contributed by atoms with Crippen LogP contribution in [0.15, 0.2) is 72.8 Å². The van der Waals surface area contributed by atoms with E-state index in [2.05, 4.69) is 29.2 Å². The van der Waals surface area contributed by atoms with Crippen LogP contribution in [-0.2, 0) is 15.1 Å². The second-order valence-electron chi connectivity index (χ2n) is 10.9. The Balaban J connectivity index is 1.31. The average Bonchev–Trinajstić information content (AvgIpc) is 2.93. The van der Waals surface area contributed by atoms with Crippen molar-refractivity contribution in [2.24, 2.45) is 0 Å². The Labute approximate surface area is 225 Å². The van der Waals surface area contributed by atoms with E-state index in [0.29, 0.717) is 19.4 Å². The van der Waals surface area contributed by atoms with Gasteiger partial charge in [0.15, 0.2) is 0 Å². The number of pyridine rings is 1. The van der Waals surface area contributed by atoms with Crippen molar-refractivity contribution in [2.45, 2.75) is 50.9 Å². The lowest BCUT2D eigenvalue weighted by Crippen LogP contribution is -2.51. The van der Waals surface area contributed by atoms with Gasteiger partial charge >= 0.3 is 6.09 Å². The number of ether oxygens (including phenoxy) is 2. The first-order chi connectivity index (χ1) is 18.2. The highest BCUT2D eigenvalue weighted by Gasteiger charge is 2.46. The SMILES string of the molecule is C[C@@H](c1ccc(-c2cccc(N3CCOCC3)n2)cc1)N1CCC(CC(C)(C)O)(c2ccccc2)OC1=O. The molecule has 0 aliphatic carbocycles. The molecule has 7 nitrogen and oxygen atoms in total. The average molecular weight is 516 g/mol. The summed E-state index contributed by atoms with van der Waals surface area (Å²) in [5, 5.41) is 10.6. The summed E-state index contributed by atoms with van der Waals surface area (Å²) in [4.78, 5) is 22.3. The van der Waals surface area contributed by atoms with Crippen molar-refractivity contribution in [3.8, 4) is 11.3 Å². The van der Waals surface area contributed by atoms with Crippen molar-refractivity contribution in [3.63, 3.8) is 0 Å². The summed E-state index contributed by atoms with van der Waals surface area (Å²) < 4.78 is 11.6. The summed E-state index contributed by atoms with van der Waals surface area (Å²) in [6.45, 7) is 9.22. The van der Waals surface area contributed by atoms with Crippen LogP contribution >= 0.6 is 0 Å². The van der Waals surface area contributed by atoms with Gasteiger partial charge in [-0.1, -0.05) is 60.7 Å². The van der Waals surface area contributed by atoms with E-state index in [9.17, 15) is 9.90 Å². The molecule has 38 heavy (non-hydrogen) atoms. The topological polar surface area (TPSA) is 75.1 Å². The van der Waals surface area contributed by atoms with Gasteiger partial charge in [0, 0.05) is 38.0 Å². The summed E-state index contributed by atoms with van der Waals surface area (Å²) >= 11 is 0. The minimum Gasteiger partial charge on any atom is -0.438 e.